The Morgan fingerprint density at radius 1 is 1.00 bits per heavy atom. The smallest absolute Gasteiger partial charge is 0.119 e. The summed E-state index contributed by atoms with van der Waals surface area (Å²) in [6.45, 7) is 3.70. The van der Waals surface area contributed by atoms with Gasteiger partial charge in [0.1, 0.15) is 12.4 Å². The Hall–Kier alpha value is -2.06. The van der Waals surface area contributed by atoms with Crippen molar-refractivity contribution in [1.29, 1.82) is 0 Å². The summed E-state index contributed by atoms with van der Waals surface area (Å²) < 4.78 is 5.72. The maximum atomic E-state index is 5.72. The molecule has 0 aliphatic heterocycles. The molecule has 2 aromatic rings. The highest BCUT2D eigenvalue weighted by atomic mass is 16.5. The van der Waals surface area contributed by atoms with Crippen LogP contribution in [0.15, 0.2) is 54.6 Å². The highest BCUT2D eigenvalue weighted by Crippen LogP contribution is 2.21. The van der Waals surface area contributed by atoms with Crippen LogP contribution in [0.1, 0.15) is 18.1 Å². The first-order valence-electron chi connectivity index (χ1n) is 7.63. The predicted molar refractivity (Wildman–Crippen MR) is 94.8 cm³/mol. The summed E-state index contributed by atoms with van der Waals surface area (Å²) in [5.41, 5.74) is 3.63. The van der Waals surface area contributed by atoms with Gasteiger partial charge in [-0.1, -0.05) is 55.5 Å². The van der Waals surface area contributed by atoms with Crippen LogP contribution in [-0.4, -0.2) is 32.1 Å². The highest BCUT2D eigenvalue weighted by molar-refractivity contribution is 5.85. The standard InChI is InChI=1S/C20H24NO/c1-4-18(19-8-6-5-7-9-19)16-17-10-12-20(13-11-17)22-15-14-21(2)3/h4-13,16H,14-15H2,1-3H3. The number of allylic oxidation sites excluding steroid dienone is 1. The fraction of sp³-hybridized carbons (Fsp3) is 0.250. The molecule has 115 valence electrons. The van der Waals surface area contributed by atoms with Crippen molar-refractivity contribution in [3.8, 4) is 5.75 Å². The molecule has 0 aliphatic rings. The molecule has 1 radical (unpaired) electrons. The summed E-state index contributed by atoms with van der Waals surface area (Å²) in [6, 6.07) is 18.7. The van der Waals surface area contributed by atoms with Gasteiger partial charge in [-0.05, 0) is 49.3 Å². The van der Waals surface area contributed by atoms with Gasteiger partial charge in [0.25, 0.3) is 0 Å². The minimum Gasteiger partial charge on any atom is -0.492 e. The Kier molecular flexibility index (Phi) is 6.23. The third kappa shape index (κ3) is 5.05. The van der Waals surface area contributed by atoms with E-state index in [1.807, 2.05) is 32.3 Å². The third-order valence-electron chi connectivity index (χ3n) is 3.43. The van der Waals surface area contributed by atoms with Gasteiger partial charge in [-0.25, -0.2) is 0 Å². The van der Waals surface area contributed by atoms with E-state index in [1.54, 1.807) is 0 Å². The molecule has 0 unspecified atom stereocenters. The van der Waals surface area contributed by atoms with Crippen LogP contribution in [-0.2, 0) is 0 Å². The third-order valence-corrected chi connectivity index (χ3v) is 3.43. The first-order valence-corrected chi connectivity index (χ1v) is 7.63. The summed E-state index contributed by atoms with van der Waals surface area (Å²) in [5.74, 6) is 0.917. The van der Waals surface area contributed by atoms with E-state index in [2.05, 4.69) is 60.7 Å². The van der Waals surface area contributed by atoms with Crippen LogP contribution in [0.2, 0.25) is 0 Å². The molecule has 0 N–H and O–H groups in total. The SMILES string of the molecule is C[CH]C(=Cc1ccc(OCCN(C)C)cc1)c1ccccc1. The minimum absolute atomic E-state index is 0.709. The number of nitrogens with zero attached hydrogens (tertiary/aromatic N) is 1. The molecule has 0 fully saturated rings. The number of rotatable bonds is 7. The summed E-state index contributed by atoms with van der Waals surface area (Å²) in [4.78, 5) is 2.11. The summed E-state index contributed by atoms with van der Waals surface area (Å²) in [5, 5.41) is 0. The molecule has 2 rings (SSSR count). The molecule has 2 nitrogen and oxygen atoms in total. The molecule has 0 heterocycles. The van der Waals surface area contributed by atoms with Gasteiger partial charge in [-0.2, -0.15) is 0 Å². The van der Waals surface area contributed by atoms with Crippen molar-refractivity contribution < 1.29 is 4.74 Å². The largest absolute Gasteiger partial charge is 0.492 e. The van der Waals surface area contributed by atoms with Crippen molar-refractivity contribution in [1.82, 2.24) is 4.90 Å². The monoisotopic (exact) mass is 294 g/mol. The second-order valence-corrected chi connectivity index (χ2v) is 5.48. The molecule has 2 heteroatoms. The van der Waals surface area contributed by atoms with Crippen LogP contribution in [0.25, 0.3) is 11.6 Å². The van der Waals surface area contributed by atoms with Crippen molar-refractivity contribution in [3.63, 3.8) is 0 Å². The molecule has 0 aliphatic carbocycles. The van der Waals surface area contributed by atoms with Crippen molar-refractivity contribution >= 4 is 11.6 Å². The van der Waals surface area contributed by atoms with Crippen molar-refractivity contribution in [3.05, 3.63) is 72.1 Å². The van der Waals surface area contributed by atoms with Gasteiger partial charge in [0, 0.05) is 6.54 Å². The molecule has 0 amide bonds. The van der Waals surface area contributed by atoms with Crippen LogP contribution >= 0.6 is 0 Å². The van der Waals surface area contributed by atoms with Gasteiger partial charge in [-0.3, -0.25) is 0 Å². The molecule has 22 heavy (non-hydrogen) atoms. The number of likely N-dealkylation sites (N-methyl/N-ethyl adjacent to an activating group) is 1. The molecule has 0 atom stereocenters. The zero-order valence-corrected chi connectivity index (χ0v) is 13.6. The van der Waals surface area contributed by atoms with Gasteiger partial charge in [0.2, 0.25) is 0 Å². The average molecular weight is 294 g/mol. The van der Waals surface area contributed by atoms with Crippen molar-refractivity contribution in [2.45, 2.75) is 6.92 Å². The van der Waals surface area contributed by atoms with Crippen LogP contribution in [0.5, 0.6) is 5.75 Å². The van der Waals surface area contributed by atoms with E-state index in [0.29, 0.717) is 6.61 Å². The van der Waals surface area contributed by atoms with Crippen LogP contribution in [0.4, 0.5) is 0 Å². The van der Waals surface area contributed by atoms with Gasteiger partial charge >= 0.3 is 0 Å². The Balaban J connectivity index is 2.04. The van der Waals surface area contributed by atoms with Gasteiger partial charge < -0.3 is 9.64 Å². The van der Waals surface area contributed by atoms with E-state index in [9.17, 15) is 0 Å². The number of benzene rings is 2. The molecular weight excluding hydrogens is 270 g/mol. The molecular formula is C20H24NO. The normalized spacial score (nSPS) is 11.7. The summed E-state index contributed by atoms with van der Waals surface area (Å²) in [7, 11) is 4.09. The first-order chi connectivity index (χ1) is 10.7. The van der Waals surface area contributed by atoms with E-state index < -0.39 is 0 Å². The van der Waals surface area contributed by atoms with E-state index in [1.165, 1.54) is 16.7 Å². The highest BCUT2D eigenvalue weighted by Gasteiger charge is 2.00. The van der Waals surface area contributed by atoms with Crippen LogP contribution < -0.4 is 4.74 Å². The van der Waals surface area contributed by atoms with Crippen molar-refractivity contribution in [2.24, 2.45) is 0 Å². The second-order valence-electron chi connectivity index (χ2n) is 5.48. The minimum atomic E-state index is 0.709. The van der Waals surface area contributed by atoms with Crippen molar-refractivity contribution in [2.75, 3.05) is 27.2 Å². The topological polar surface area (TPSA) is 12.5 Å². The van der Waals surface area contributed by atoms with Crippen LogP contribution in [0.3, 0.4) is 0 Å². The van der Waals surface area contributed by atoms with E-state index in [4.69, 9.17) is 4.74 Å². The zero-order valence-electron chi connectivity index (χ0n) is 13.6. The van der Waals surface area contributed by atoms with Gasteiger partial charge in [-0.15, -0.1) is 0 Å². The summed E-state index contributed by atoms with van der Waals surface area (Å²) in [6.07, 6.45) is 4.33. The Labute approximate surface area is 134 Å². The van der Waals surface area contributed by atoms with Crippen LogP contribution in [0, 0.1) is 6.42 Å². The fourth-order valence-corrected chi connectivity index (χ4v) is 2.15. The van der Waals surface area contributed by atoms with E-state index in [0.717, 1.165) is 12.3 Å². The number of hydrogen-bond acceptors (Lipinski definition) is 2. The Morgan fingerprint density at radius 2 is 1.68 bits per heavy atom. The van der Waals surface area contributed by atoms with E-state index >= 15 is 0 Å². The molecule has 0 saturated heterocycles. The van der Waals surface area contributed by atoms with Gasteiger partial charge in [0.15, 0.2) is 0 Å². The van der Waals surface area contributed by atoms with E-state index in [-0.39, 0.29) is 0 Å². The Morgan fingerprint density at radius 3 is 2.27 bits per heavy atom. The molecule has 2 aromatic carbocycles. The molecule has 0 saturated carbocycles. The predicted octanol–water partition coefficient (Wildman–Crippen LogP) is 4.39. The lowest BCUT2D eigenvalue weighted by atomic mass is 10.0. The second kappa shape index (κ2) is 8.40. The number of hydrogen-bond donors (Lipinski definition) is 0. The maximum Gasteiger partial charge on any atom is 0.119 e. The molecule has 0 aromatic heterocycles. The lowest BCUT2D eigenvalue weighted by Crippen LogP contribution is -2.19. The zero-order chi connectivity index (χ0) is 15.8. The fourth-order valence-electron chi connectivity index (χ4n) is 2.15. The lowest BCUT2D eigenvalue weighted by Gasteiger charge is -2.11. The average Bonchev–Trinajstić information content (AvgIpc) is 2.54. The molecule has 0 spiro atoms. The summed E-state index contributed by atoms with van der Waals surface area (Å²) >= 11 is 0. The lowest BCUT2D eigenvalue weighted by molar-refractivity contribution is 0.261. The quantitative estimate of drug-likeness (QED) is 0.702. The first kappa shape index (κ1) is 16.3. The molecule has 0 bridgehead atoms. The maximum absolute atomic E-state index is 5.72. The Bertz CT molecular complexity index is 585. The van der Waals surface area contributed by atoms with Gasteiger partial charge in [0.05, 0.1) is 0 Å². The number of ether oxygens (including phenoxy) is 1.